The molecule has 0 bridgehead atoms. The minimum Gasteiger partial charge on any atom is -0.310 e. The molecule has 0 radical (unpaired) electrons. The van der Waals surface area contributed by atoms with E-state index in [4.69, 9.17) is 0 Å². The van der Waals surface area contributed by atoms with Crippen molar-refractivity contribution in [2.24, 2.45) is 0 Å². The van der Waals surface area contributed by atoms with Gasteiger partial charge in [0.15, 0.2) is 0 Å². The summed E-state index contributed by atoms with van der Waals surface area (Å²) in [7, 11) is 0. The molecular weight excluding hydrogens is 242 g/mol. The van der Waals surface area contributed by atoms with Crippen LogP contribution in [-0.2, 0) is 5.75 Å². The number of rotatable bonds is 5. The molecule has 0 saturated heterocycles. The highest BCUT2D eigenvalue weighted by Crippen LogP contribution is 2.26. The lowest BCUT2D eigenvalue weighted by Crippen LogP contribution is -2.19. The van der Waals surface area contributed by atoms with Gasteiger partial charge >= 0.3 is 0 Å². The molecule has 3 nitrogen and oxygen atoms in total. The van der Waals surface area contributed by atoms with E-state index in [0.717, 1.165) is 23.8 Å². The van der Waals surface area contributed by atoms with Crippen LogP contribution in [0.5, 0.6) is 0 Å². The molecule has 0 aliphatic heterocycles. The van der Waals surface area contributed by atoms with E-state index in [1.807, 2.05) is 18.0 Å². The van der Waals surface area contributed by atoms with Crippen molar-refractivity contribution in [2.45, 2.75) is 58.1 Å². The van der Waals surface area contributed by atoms with Gasteiger partial charge in [-0.1, -0.05) is 27.7 Å². The van der Waals surface area contributed by atoms with Gasteiger partial charge in [0.05, 0.1) is 5.75 Å². The predicted octanol–water partition coefficient (Wildman–Crippen LogP) is 3.49. The maximum atomic E-state index is 4.61. The highest BCUT2D eigenvalue weighted by molar-refractivity contribution is 7.99. The van der Waals surface area contributed by atoms with Gasteiger partial charge in [-0.3, -0.25) is 0 Å². The topological polar surface area (TPSA) is 37.8 Å². The van der Waals surface area contributed by atoms with Gasteiger partial charge in [-0.15, -0.1) is 11.8 Å². The van der Waals surface area contributed by atoms with Crippen molar-refractivity contribution >= 4 is 11.8 Å². The number of nitrogens with one attached hydrogen (secondary N) is 1. The number of hydrogen-bond acceptors (Lipinski definition) is 4. The van der Waals surface area contributed by atoms with Crippen LogP contribution in [-0.4, -0.2) is 21.3 Å². The van der Waals surface area contributed by atoms with Crippen molar-refractivity contribution in [3.63, 3.8) is 0 Å². The van der Waals surface area contributed by atoms with E-state index >= 15 is 0 Å². The summed E-state index contributed by atoms with van der Waals surface area (Å²) in [5, 5.41) is 3.39. The maximum absolute atomic E-state index is 4.61. The Morgan fingerprint density at radius 2 is 2.06 bits per heavy atom. The van der Waals surface area contributed by atoms with E-state index in [1.165, 1.54) is 5.56 Å². The van der Waals surface area contributed by atoms with Crippen molar-refractivity contribution < 1.29 is 0 Å². The minimum absolute atomic E-state index is 0.257. The molecule has 0 amide bonds. The van der Waals surface area contributed by atoms with Crippen molar-refractivity contribution in [1.29, 1.82) is 0 Å². The lowest BCUT2D eigenvalue weighted by molar-refractivity contribution is 0.589. The van der Waals surface area contributed by atoms with Gasteiger partial charge in [-0.25, -0.2) is 9.97 Å². The molecular formula is C14H25N3S. The van der Waals surface area contributed by atoms with Crippen LogP contribution in [0.2, 0.25) is 0 Å². The third-order valence-corrected chi connectivity index (χ3v) is 3.95. The lowest BCUT2D eigenvalue weighted by Gasteiger charge is -2.18. The van der Waals surface area contributed by atoms with Crippen LogP contribution >= 0.6 is 11.8 Å². The van der Waals surface area contributed by atoms with E-state index in [2.05, 4.69) is 56.8 Å². The van der Waals surface area contributed by atoms with Crippen LogP contribution in [0.3, 0.4) is 0 Å². The molecule has 1 aromatic rings. The Labute approximate surface area is 115 Å². The Hall–Kier alpha value is -0.610. The average Bonchev–Trinajstić information content (AvgIpc) is 2.25. The summed E-state index contributed by atoms with van der Waals surface area (Å²) in [6.45, 7) is 13.9. The Kier molecular flexibility index (Phi) is 5.60. The van der Waals surface area contributed by atoms with Gasteiger partial charge in [0.1, 0.15) is 5.82 Å². The van der Waals surface area contributed by atoms with E-state index in [-0.39, 0.29) is 4.75 Å². The van der Waals surface area contributed by atoms with E-state index in [1.54, 1.807) is 0 Å². The SMILES string of the molecule is CCNC(C)c1cnc(CSC(C)(C)C)nc1C. The molecule has 0 aromatic carbocycles. The first kappa shape index (κ1) is 15.4. The molecule has 1 aromatic heterocycles. The first-order chi connectivity index (χ1) is 8.33. The van der Waals surface area contributed by atoms with E-state index < -0.39 is 0 Å². The van der Waals surface area contributed by atoms with E-state index in [9.17, 15) is 0 Å². The lowest BCUT2D eigenvalue weighted by atomic mass is 10.1. The zero-order chi connectivity index (χ0) is 13.8. The van der Waals surface area contributed by atoms with Crippen molar-refractivity contribution in [2.75, 3.05) is 6.54 Å². The Morgan fingerprint density at radius 3 is 2.56 bits per heavy atom. The first-order valence-corrected chi connectivity index (χ1v) is 7.52. The smallest absolute Gasteiger partial charge is 0.138 e. The molecule has 1 rings (SSSR count). The van der Waals surface area contributed by atoms with Crippen LogP contribution in [0.1, 0.15) is 57.7 Å². The molecule has 0 aliphatic rings. The zero-order valence-corrected chi connectivity index (χ0v) is 13.2. The average molecular weight is 267 g/mol. The number of thioether (sulfide) groups is 1. The number of nitrogens with zero attached hydrogens (tertiary/aromatic N) is 2. The highest BCUT2D eigenvalue weighted by Gasteiger charge is 2.13. The van der Waals surface area contributed by atoms with Gasteiger partial charge in [-0.2, -0.15) is 0 Å². The Balaban J connectivity index is 2.73. The monoisotopic (exact) mass is 267 g/mol. The molecule has 18 heavy (non-hydrogen) atoms. The second-order valence-electron chi connectivity index (χ2n) is 5.51. The van der Waals surface area contributed by atoms with Crippen molar-refractivity contribution in [3.05, 3.63) is 23.3 Å². The van der Waals surface area contributed by atoms with Crippen LogP contribution in [0.4, 0.5) is 0 Å². The van der Waals surface area contributed by atoms with Crippen molar-refractivity contribution in [1.82, 2.24) is 15.3 Å². The van der Waals surface area contributed by atoms with Gasteiger partial charge < -0.3 is 5.32 Å². The number of hydrogen-bond donors (Lipinski definition) is 1. The maximum Gasteiger partial charge on any atom is 0.138 e. The molecule has 102 valence electrons. The van der Waals surface area contributed by atoms with Gasteiger partial charge in [-0.05, 0) is 20.4 Å². The molecule has 0 saturated carbocycles. The summed E-state index contributed by atoms with van der Waals surface area (Å²) in [6, 6.07) is 0.319. The molecule has 1 N–H and O–H groups in total. The standard InChI is InChI=1S/C14H25N3S/c1-7-15-10(2)12-8-16-13(17-11(12)3)9-18-14(4,5)6/h8,10,15H,7,9H2,1-6H3. The number of aryl methyl sites for hydroxylation is 1. The van der Waals surface area contributed by atoms with Crippen molar-refractivity contribution in [3.8, 4) is 0 Å². The largest absolute Gasteiger partial charge is 0.310 e. The minimum atomic E-state index is 0.257. The summed E-state index contributed by atoms with van der Waals surface area (Å²) >= 11 is 1.88. The number of aromatic nitrogens is 2. The quantitative estimate of drug-likeness (QED) is 0.886. The summed E-state index contributed by atoms with van der Waals surface area (Å²) in [6.07, 6.45) is 1.97. The third-order valence-electron chi connectivity index (χ3n) is 2.68. The third kappa shape index (κ3) is 4.94. The molecule has 1 unspecified atom stereocenters. The van der Waals surface area contributed by atoms with Crippen LogP contribution in [0.25, 0.3) is 0 Å². The zero-order valence-electron chi connectivity index (χ0n) is 12.4. The van der Waals surface area contributed by atoms with Crippen LogP contribution in [0.15, 0.2) is 6.20 Å². The fourth-order valence-corrected chi connectivity index (χ4v) is 2.42. The second-order valence-corrected chi connectivity index (χ2v) is 7.31. The van der Waals surface area contributed by atoms with Gasteiger partial charge in [0.2, 0.25) is 0 Å². The molecule has 1 heterocycles. The molecule has 1 atom stereocenters. The predicted molar refractivity (Wildman–Crippen MR) is 79.9 cm³/mol. The highest BCUT2D eigenvalue weighted by atomic mass is 32.2. The summed E-state index contributed by atoms with van der Waals surface area (Å²) in [5.74, 6) is 1.81. The van der Waals surface area contributed by atoms with Gasteiger partial charge in [0.25, 0.3) is 0 Å². The first-order valence-electron chi connectivity index (χ1n) is 6.53. The van der Waals surface area contributed by atoms with Crippen LogP contribution in [0, 0.1) is 6.92 Å². The Bertz CT molecular complexity index is 385. The summed E-state index contributed by atoms with van der Waals surface area (Å²) in [5.41, 5.74) is 2.28. The fourth-order valence-electron chi connectivity index (χ4n) is 1.72. The second kappa shape index (κ2) is 6.53. The normalized spacial score (nSPS) is 13.7. The molecule has 0 spiro atoms. The van der Waals surface area contributed by atoms with E-state index in [0.29, 0.717) is 6.04 Å². The Morgan fingerprint density at radius 1 is 1.39 bits per heavy atom. The summed E-state index contributed by atoms with van der Waals surface area (Å²) in [4.78, 5) is 9.08. The molecule has 4 heteroatoms. The summed E-state index contributed by atoms with van der Waals surface area (Å²) < 4.78 is 0.257. The molecule has 0 aliphatic carbocycles. The molecule has 0 fully saturated rings. The van der Waals surface area contributed by atoms with Gasteiger partial charge in [0, 0.05) is 28.2 Å². The van der Waals surface area contributed by atoms with Crippen LogP contribution < -0.4 is 5.32 Å². The fraction of sp³-hybridized carbons (Fsp3) is 0.714.